The molecule has 0 radical (unpaired) electrons. The number of rotatable bonds is 0. The minimum atomic E-state index is 0.258. The van der Waals surface area contributed by atoms with E-state index in [-0.39, 0.29) is 5.38 Å². The molecule has 2 heteroatoms. The summed E-state index contributed by atoms with van der Waals surface area (Å²) in [4.78, 5) is 0. The highest BCUT2D eigenvalue weighted by Crippen LogP contribution is 2.55. The maximum atomic E-state index is 6.34. The minimum absolute atomic E-state index is 0.258. The SMILES string of the molecule is C=C1c2ccc(Cl)cc2[C@@H]2CC[C@H](Cl)C12. The molecule has 0 bridgehead atoms. The van der Waals surface area contributed by atoms with E-state index in [0.29, 0.717) is 11.8 Å². The molecule has 0 spiro atoms. The molecular weight excluding hydrogens is 227 g/mol. The van der Waals surface area contributed by atoms with E-state index in [4.69, 9.17) is 23.2 Å². The zero-order valence-corrected chi connectivity index (χ0v) is 9.85. The summed E-state index contributed by atoms with van der Waals surface area (Å²) in [5.41, 5.74) is 3.85. The molecule has 0 nitrogen and oxygen atoms in total. The maximum Gasteiger partial charge on any atom is 0.0410 e. The number of allylic oxidation sites excluding steroid dienone is 1. The smallest absolute Gasteiger partial charge is 0.0410 e. The summed E-state index contributed by atoms with van der Waals surface area (Å²) in [6.45, 7) is 4.19. The topological polar surface area (TPSA) is 0 Å². The van der Waals surface area contributed by atoms with Gasteiger partial charge in [-0.05, 0) is 47.6 Å². The molecule has 15 heavy (non-hydrogen) atoms. The monoisotopic (exact) mass is 238 g/mol. The molecule has 0 N–H and O–H groups in total. The van der Waals surface area contributed by atoms with Gasteiger partial charge in [-0.15, -0.1) is 11.6 Å². The lowest BCUT2D eigenvalue weighted by molar-refractivity contribution is 0.641. The standard InChI is InChI=1S/C13H12Cl2/c1-7-9-3-2-8(14)6-11(9)10-4-5-12(15)13(7)10/h2-3,6,10,12-13H,1,4-5H2/t10-,12-,13?/m0/s1. The van der Waals surface area contributed by atoms with Crippen molar-refractivity contribution < 1.29 is 0 Å². The number of hydrogen-bond donors (Lipinski definition) is 0. The molecule has 1 aromatic carbocycles. The highest BCUT2D eigenvalue weighted by molar-refractivity contribution is 6.30. The van der Waals surface area contributed by atoms with Crippen LogP contribution in [0, 0.1) is 5.92 Å². The van der Waals surface area contributed by atoms with Crippen LogP contribution in [0.25, 0.3) is 5.57 Å². The van der Waals surface area contributed by atoms with Crippen LogP contribution in [0.15, 0.2) is 24.8 Å². The van der Waals surface area contributed by atoms with Gasteiger partial charge in [0.1, 0.15) is 0 Å². The Balaban J connectivity index is 2.15. The Morgan fingerprint density at radius 2 is 2.07 bits per heavy atom. The summed E-state index contributed by atoms with van der Waals surface area (Å²) in [5.74, 6) is 1.01. The average molecular weight is 239 g/mol. The van der Waals surface area contributed by atoms with Crippen LogP contribution >= 0.6 is 23.2 Å². The maximum absolute atomic E-state index is 6.34. The molecule has 0 aromatic heterocycles. The van der Waals surface area contributed by atoms with Crippen LogP contribution in [0.4, 0.5) is 0 Å². The van der Waals surface area contributed by atoms with Gasteiger partial charge in [-0.2, -0.15) is 0 Å². The number of fused-ring (bicyclic) bond motifs is 3. The van der Waals surface area contributed by atoms with Crippen molar-refractivity contribution in [3.05, 3.63) is 40.9 Å². The Kier molecular flexibility index (Phi) is 2.12. The van der Waals surface area contributed by atoms with E-state index in [0.717, 1.165) is 11.4 Å². The molecule has 0 saturated heterocycles. The quantitative estimate of drug-likeness (QED) is 0.586. The average Bonchev–Trinajstić information content (AvgIpc) is 2.70. The van der Waals surface area contributed by atoms with Crippen LogP contribution in [-0.2, 0) is 0 Å². The largest absolute Gasteiger partial charge is 0.122 e. The van der Waals surface area contributed by atoms with E-state index in [2.05, 4.69) is 18.7 Å². The van der Waals surface area contributed by atoms with Gasteiger partial charge in [-0.1, -0.05) is 24.2 Å². The van der Waals surface area contributed by atoms with E-state index in [1.807, 2.05) is 6.07 Å². The van der Waals surface area contributed by atoms with Crippen LogP contribution in [0.2, 0.25) is 5.02 Å². The van der Waals surface area contributed by atoms with Crippen LogP contribution < -0.4 is 0 Å². The molecule has 0 amide bonds. The fraction of sp³-hybridized carbons (Fsp3) is 0.385. The Morgan fingerprint density at radius 3 is 2.87 bits per heavy atom. The fourth-order valence-corrected chi connectivity index (χ4v) is 3.71. The van der Waals surface area contributed by atoms with Crippen molar-refractivity contribution in [2.75, 3.05) is 0 Å². The van der Waals surface area contributed by atoms with E-state index >= 15 is 0 Å². The molecule has 3 rings (SSSR count). The van der Waals surface area contributed by atoms with Gasteiger partial charge in [0.2, 0.25) is 0 Å². The van der Waals surface area contributed by atoms with Crippen molar-refractivity contribution in [2.45, 2.75) is 24.1 Å². The predicted molar refractivity (Wildman–Crippen MR) is 65.6 cm³/mol. The summed E-state index contributed by atoms with van der Waals surface area (Å²) in [6, 6.07) is 6.11. The van der Waals surface area contributed by atoms with Gasteiger partial charge < -0.3 is 0 Å². The third-order valence-electron chi connectivity index (χ3n) is 3.74. The molecule has 2 aliphatic carbocycles. The second-order valence-corrected chi connectivity index (χ2v) is 5.48. The van der Waals surface area contributed by atoms with E-state index < -0.39 is 0 Å². The molecule has 1 saturated carbocycles. The highest BCUT2D eigenvalue weighted by Gasteiger charge is 2.43. The van der Waals surface area contributed by atoms with Gasteiger partial charge in [0, 0.05) is 16.3 Å². The van der Waals surface area contributed by atoms with Crippen molar-refractivity contribution in [3.63, 3.8) is 0 Å². The molecule has 0 aliphatic heterocycles. The molecule has 0 heterocycles. The molecular formula is C13H12Cl2. The van der Waals surface area contributed by atoms with Crippen molar-refractivity contribution in [3.8, 4) is 0 Å². The molecule has 3 atom stereocenters. The summed E-state index contributed by atoms with van der Waals surface area (Å²) >= 11 is 12.4. The molecule has 1 aromatic rings. The second-order valence-electron chi connectivity index (χ2n) is 4.48. The zero-order chi connectivity index (χ0) is 10.6. The van der Waals surface area contributed by atoms with Gasteiger partial charge in [-0.25, -0.2) is 0 Å². The molecule has 1 fully saturated rings. The Labute approximate surface area is 99.9 Å². The van der Waals surface area contributed by atoms with Crippen LogP contribution in [-0.4, -0.2) is 5.38 Å². The van der Waals surface area contributed by atoms with Gasteiger partial charge in [0.05, 0.1) is 0 Å². The van der Waals surface area contributed by atoms with E-state index in [1.165, 1.54) is 23.1 Å². The predicted octanol–water partition coefficient (Wildman–Crippen LogP) is 4.47. The summed E-state index contributed by atoms with van der Waals surface area (Å²) in [7, 11) is 0. The Bertz CT molecular complexity index is 436. The molecule has 1 unspecified atom stereocenters. The van der Waals surface area contributed by atoms with Crippen molar-refractivity contribution in [1.82, 2.24) is 0 Å². The zero-order valence-electron chi connectivity index (χ0n) is 8.34. The highest BCUT2D eigenvalue weighted by atomic mass is 35.5. The minimum Gasteiger partial charge on any atom is -0.122 e. The van der Waals surface area contributed by atoms with Gasteiger partial charge >= 0.3 is 0 Å². The first-order chi connectivity index (χ1) is 7.18. The van der Waals surface area contributed by atoms with Crippen LogP contribution in [0.3, 0.4) is 0 Å². The van der Waals surface area contributed by atoms with Crippen molar-refractivity contribution in [2.24, 2.45) is 5.92 Å². The molecule has 2 aliphatic rings. The van der Waals surface area contributed by atoms with Crippen LogP contribution in [0.1, 0.15) is 29.9 Å². The summed E-state index contributed by atoms with van der Waals surface area (Å²) in [6.07, 6.45) is 2.27. The van der Waals surface area contributed by atoms with Gasteiger partial charge in [0.25, 0.3) is 0 Å². The van der Waals surface area contributed by atoms with Crippen LogP contribution in [0.5, 0.6) is 0 Å². The third kappa shape index (κ3) is 1.28. The third-order valence-corrected chi connectivity index (χ3v) is 4.46. The van der Waals surface area contributed by atoms with Gasteiger partial charge in [0.15, 0.2) is 0 Å². The lowest BCUT2D eigenvalue weighted by Gasteiger charge is -2.13. The van der Waals surface area contributed by atoms with Gasteiger partial charge in [-0.3, -0.25) is 0 Å². The lowest BCUT2D eigenvalue weighted by atomic mass is 9.95. The van der Waals surface area contributed by atoms with E-state index in [1.54, 1.807) is 0 Å². The summed E-state index contributed by atoms with van der Waals surface area (Å²) < 4.78 is 0. The van der Waals surface area contributed by atoms with Crippen molar-refractivity contribution >= 4 is 28.8 Å². The lowest BCUT2D eigenvalue weighted by Crippen LogP contribution is -2.08. The first-order valence-corrected chi connectivity index (χ1v) is 6.12. The number of halogens is 2. The number of alkyl halides is 1. The normalized spacial score (nSPS) is 32.9. The Hall–Kier alpha value is -0.460. The fourth-order valence-electron chi connectivity index (χ4n) is 3.07. The Morgan fingerprint density at radius 1 is 1.27 bits per heavy atom. The molecule has 78 valence electrons. The first kappa shape index (κ1) is 9.74. The second kappa shape index (κ2) is 3.26. The summed E-state index contributed by atoms with van der Waals surface area (Å²) in [5, 5.41) is 1.08. The first-order valence-electron chi connectivity index (χ1n) is 5.31. The van der Waals surface area contributed by atoms with Crippen molar-refractivity contribution in [1.29, 1.82) is 0 Å². The number of benzene rings is 1. The number of hydrogen-bond acceptors (Lipinski definition) is 0. The van der Waals surface area contributed by atoms with E-state index in [9.17, 15) is 0 Å².